The molecule has 0 heterocycles. The summed E-state index contributed by atoms with van der Waals surface area (Å²) >= 11 is 0. The lowest BCUT2D eigenvalue weighted by molar-refractivity contribution is -0.172. The minimum atomic E-state index is -0.694. The number of hydrogen-bond donors (Lipinski definition) is 2. The number of Topliss-reactive ketones (excluding diaryl/α,β-unsaturated/α-hetero) is 1. The lowest BCUT2D eigenvalue weighted by Gasteiger charge is -2.61. The number of aliphatic hydroxyl groups is 1. The summed E-state index contributed by atoms with van der Waals surface area (Å²) in [7, 11) is 0. The zero-order chi connectivity index (χ0) is 19.7. The molecule has 0 aromatic rings. The van der Waals surface area contributed by atoms with E-state index in [9.17, 15) is 19.8 Å². The highest BCUT2D eigenvalue weighted by molar-refractivity contribution is 5.85. The molecule has 4 rings (SSSR count). The van der Waals surface area contributed by atoms with Crippen LogP contribution in [0.1, 0.15) is 72.6 Å². The van der Waals surface area contributed by atoms with Crippen LogP contribution in [0.15, 0.2) is 0 Å². The van der Waals surface area contributed by atoms with Crippen molar-refractivity contribution in [3.8, 4) is 0 Å². The van der Waals surface area contributed by atoms with Crippen molar-refractivity contribution < 1.29 is 19.8 Å². The van der Waals surface area contributed by atoms with Crippen LogP contribution >= 0.6 is 0 Å². The monoisotopic (exact) mass is 376 g/mol. The average molecular weight is 377 g/mol. The van der Waals surface area contributed by atoms with Crippen LogP contribution < -0.4 is 0 Å². The Hall–Kier alpha value is -0.900. The molecule has 4 fully saturated rings. The Labute approximate surface area is 163 Å². The number of fused-ring (bicyclic) bond motifs is 5. The molecule has 4 heteroatoms. The summed E-state index contributed by atoms with van der Waals surface area (Å²) in [5, 5.41) is 19.8. The zero-order valence-electron chi connectivity index (χ0n) is 17.3. The number of carboxylic acid groups (broad SMARTS) is 1. The summed E-state index contributed by atoms with van der Waals surface area (Å²) in [5.74, 6) is 0.735. The molecule has 4 nitrogen and oxygen atoms in total. The fourth-order valence-corrected chi connectivity index (χ4v) is 8.39. The van der Waals surface area contributed by atoms with E-state index in [4.69, 9.17) is 0 Å². The van der Waals surface area contributed by atoms with Gasteiger partial charge >= 0.3 is 5.97 Å². The lowest BCUT2D eigenvalue weighted by Crippen LogP contribution is -2.60. The number of ketones is 1. The molecule has 0 amide bonds. The molecule has 4 saturated carbocycles. The third-order valence-electron chi connectivity index (χ3n) is 9.95. The Bertz CT molecular complexity index is 644. The Morgan fingerprint density at radius 1 is 1.04 bits per heavy atom. The van der Waals surface area contributed by atoms with E-state index in [1.165, 1.54) is 0 Å². The number of aliphatic carboxylic acids is 1. The van der Waals surface area contributed by atoms with Gasteiger partial charge in [0.05, 0.1) is 12.0 Å². The van der Waals surface area contributed by atoms with Crippen molar-refractivity contribution in [2.45, 2.75) is 78.7 Å². The van der Waals surface area contributed by atoms with Crippen LogP contribution in [0.25, 0.3) is 0 Å². The van der Waals surface area contributed by atoms with Crippen LogP contribution in [0.4, 0.5) is 0 Å². The van der Waals surface area contributed by atoms with Crippen LogP contribution in [0.2, 0.25) is 0 Å². The van der Waals surface area contributed by atoms with E-state index in [1.54, 1.807) is 0 Å². The molecule has 152 valence electrons. The van der Waals surface area contributed by atoms with Gasteiger partial charge in [0.15, 0.2) is 0 Å². The van der Waals surface area contributed by atoms with Gasteiger partial charge in [-0.1, -0.05) is 27.7 Å². The number of aliphatic hydroxyl groups excluding tert-OH is 1. The molecule has 0 spiro atoms. The van der Waals surface area contributed by atoms with Gasteiger partial charge in [-0.3, -0.25) is 9.59 Å². The van der Waals surface area contributed by atoms with Crippen molar-refractivity contribution >= 4 is 11.8 Å². The van der Waals surface area contributed by atoms with E-state index < -0.39 is 5.97 Å². The van der Waals surface area contributed by atoms with Gasteiger partial charge in [0, 0.05) is 11.8 Å². The molecule has 0 bridgehead atoms. The van der Waals surface area contributed by atoms with Gasteiger partial charge in [-0.15, -0.1) is 0 Å². The molecule has 10 atom stereocenters. The average Bonchev–Trinajstić information content (AvgIpc) is 2.97. The van der Waals surface area contributed by atoms with Crippen molar-refractivity contribution in [3.63, 3.8) is 0 Å². The Balaban J connectivity index is 1.69. The molecule has 4 aliphatic rings. The van der Waals surface area contributed by atoms with Gasteiger partial charge in [0.2, 0.25) is 0 Å². The highest BCUT2D eigenvalue weighted by Crippen LogP contribution is 2.68. The summed E-state index contributed by atoms with van der Waals surface area (Å²) in [6, 6.07) is 0. The maximum atomic E-state index is 13.6. The zero-order valence-corrected chi connectivity index (χ0v) is 17.3. The van der Waals surface area contributed by atoms with E-state index in [1.807, 2.05) is 6.92 Å². The first-order valence-corrected chi connectivity index (χ1v) is 11.1. The van der Waals surface area contributed by atoms with E-state index in [2.05, 4.69) is 20.8 Å². The standard InChI is InChI=1S/C23H36O4/c1-12-18-11-14(24)7-9-23(18,4)17-8-10-22(3)15(13(2)21(26)27)5-6-16(22)19(17)20(12)25/h12-19,24H,5-11H2,1-4H3,(H,26,27)/t12?,13-,14+,15?,16-,17-,18-,19-,22+,23+/m0/s1. The smallest absolute Gasteiger partial charge is 0.306 e. The Morgan fingerprint density at radius 3 is 2.33 bits per heavy atom. The lowest BCUT2D eigenvalue weighted by atomic mass is 9.42. The molecule has 0 radical (unpaired) electrons. The van der Waals surface area contributed by atoms with Crippen molar-refractivity contribution in [1.29, 1.82) is 0 Å². The maximum Gasteiger partial charge on any atom is 0.306 e. The highest BCUT2D eigenvalue weighted by atomic mass is 16.4. The molecular weight excluding hydrogens is 340 g/mol. The van der Waals surface area contributed by atoms with Gasteiger partial charge in [-0.05, 0) is 79.4 Å². The van der Waals surface area contributed by atoms with E-state index in [0.29, 0.717) is 23.5 Å². The minimum absolute atomic E-state index is 0.0181. The summed E-state index contributed by atoms with van der Waals surface area (Å²) in [5.41, 5.74) is 0.126. The molecule has 2 unspecified atom stereocenters. The van der Waals surface area contributed by atoms with Gasteiger partial charge in [-0.25, -0.2) is 0 Å². The number of carbonyl (C=O) groups is 2. The predicted molar refractivity (Wildman–Crippen MR) is 103 cm³/mol. The molecule has 27 heavy (non-hydrogen) atoms. The predicted octanol–water partition coefficient (Wildman–Crippen LogP) is 4.15. The Kier molecular flexibility index (Phi) is 4.53. The van der Waals surface area contributed by atoms with E-state index >= 15 is 0 Å². The molecule has 2 N–H and O–H groups in total. The normalized spacial score (nSPS) is 53.2. The quantitative estimate of drug-likeness (QED) is 0.759. The molecule has 0 aromatic carbocycles. The third kappa shape index (κ3) is 2.58. The fraction of sp³-hybridized carbons (Fsp3) is 0.913. The van der Waals surface area contributed by atoms with Crippen LogP contribution in [-0.4, -0.2) is 28.1 Å². The number of hydrogen-bond acceptors (Lipinski definition) is 3. The largest absolute Gasteiger partial charge is 0.481 e. The van der Waals surface area contributed by atoms with Crippen LogP contribution in [-0.2, 0) is 9.59 Å². The minimum Gasteiger partial charge on any atom is -0.481 e. The molecule has 0 aliphatic heterocycles. The second-order valence-electron chi connectivity index (χ2n) is 10.8. The van der Waals surface area contributed by atoms with Gasteiger partial charge < -0.3 is 10.2 Å². The molecule has 0 saturated heterocycles. The first kappa shape index (κ1) is 19.4. The van der Waals surface area contributed by atoms with Gasteiger partial charge in [0.25, 0.3) is 0 Å². The first-order chi connectivity index (χ1) is 12.6. The van der Waals surface area contributed by atoms with Crippen LogP contribution in [0.3, 0.4) is 0 Å². The Morgan fingerprint density at radius 2 is 1.67 bits per heavy atom. The first-order valence-electron chi connectivity index (χ1n) is 11.1. The molecule has 4 aliphatic carbocycles. The third-order valence-corrected chi connectivity index (χ3v) is 9.95. The van der Waals surface area contributed by atoms with Crippen molar-refractivity contribution in [2.24, 2.45) is 52.3 Å². The summed E-state index contributed by atoms with van der Waals surface area (Å²) in [4.78, 5) is 25.2. The maximum absolute atomic E-state index is 13.6. The van der Waals surface area contributed by atoms with Crippen molar-refractivity contribution in [1.82, 2.24) is 0 Å². The number of carboxylic acids is 1. The van der Waals surface area contributed by atoms with Gasteiger partial charge in [-0.2, -0.15) is 0 Å². The fourth-order valence-electron chi connectivity index (χ4n) is 8.39. The van der Waals surface area contributed by atoms with Crippen molar-refractivity contribution in [3.05, 3.63) is 0 Å². The highest BCUT2D eigenvalue weighted by Gasteiger charge is 2.65. The van der Waals surface area contributed by atoms with Gasteiger partial charge in [0.1, 0.15) is 5.78 Å². The summed E-state index contributed by atoms with van der Waals surface area (Å²) in [6.45, 7) is 8.62. The van der Waals surface area contributed by atoms with Crippen molar-refractivity contribution in [2.75, 3.05) is 0 Å². The molecular formula is C23H36O4. The summed E-state index contributed by atoms with van der Waals surface area (Å²) in [6.07, 6.45) is 6.44. The second-order valence-corrected chi connectivity index (χ2v) is 10.8. The summed E-state index contributed by atoms with van der Waals surface area (Å²) < 4.78 is 0. The number of carbonyl (C=O) groups excluding carboxylic acids is 1. The van der Waals surface area contributed by atoms with Crippen LogP contribution in [0.5, 0.6) is 0 Å². The van der Waals surface area contributed by atoms with E-state index in [0.717, 1.165) is 44.9 Å². The SMILES string of the molecule is CC1C(=O)[C@@H]2[C@H](CC[C@]3(C)C([C@H](C)C(=O)O)CC[C@@H]23)[C@@]2(C)CC[C@@H](O)C[C@@H]12. The van der Waals surface area contributed by atoms with Crippen LogP contribution in [0, 0.1) is 52.3 Å². The topological polar surface area (TPSA) is 74.6 Å². The number of rotatable bonds is 2. The second kappa shape index (κ2) is 6.30. The van der Waals surface area contributed by atoms with E-state index in [-0.39, 0.29) is 40.6 Å². The molecule has 0 aromatic heterocycles.